The lowest BCUT2D eigenvalue weighted by molar-refractivity contribution is 0.491. The van der Waals surface area contributed by atoms with Crippen LogP contribution >= 0.6 is 0 Å². The van der Waals surface area contributed by atoms with Gasteiger partial charge in [0.15, 0.2) is 0 Å². The van der Waals surface area contributed by atoms with Crippen molar-refractivity contribution in [2.75, 3.05) is 6.54 Å². The Hall–Kier alpha value is -0.330. The maximum absolute atomic E-state index is 4.19. The van der Waals surface area contributed by atoms with E-state index in [0.29, 0.717) is 0 Å². The largest absolute Gasteiger partial charge is 0.297 e. The maximum atomic E-state index is 4.19. The summed E-state index contributed by atoms with van der Waals surface area (Å²) in [6, 6.07) is 0. The zero-order valence-electron chi connectivity index (χ0n) is 5.59. The Morgan fingerprint density at radius 1 is 1.75 bits per heavy atom. The first-order valence-corrected chi connectivity index (χ1v) is 3.34. The zero-order chi connectivity index (χ0) is 5.98. The van der Waals surface area contributed by atoms with Crippen LogP contribution in [-0.4, -0.2) is 12.8 Å². The minimum atomic E-state index is 0.773. The molecule has 2 atom stereocenters. The topological polar surface area (TPSA) is 12.4 Å². The summed E-state index contributed by atoms with van der Waals surface area (Å²) >= 11 is 0. The summed E-state index contributed by atoms with van der Waals surface area (Å²) in [5.41, 5.74) is 0. The molecule has 0 spiro atoms. The second-order valence-electron chi connectivity index (χ2n) is 2.56. The predicted molar refractivity (Wildman–Crippen MR) is 36.3 cm³/mol. The van der Waals surface area contributed by atoms with Crippen molar-refractivity contribution in [3.63, 3.8) is 0 Å². The molecule has 0 bridgehead atoms. The summed E-state index contributed by atoms with van der Waals surface area (Å²) in [5, 5.41) is 0. The van der Waals surface area contributed by atoms with E-state index in [1.165, 1.54) is 6.42 Å². The highest BCUT2D eigenvalue weighted by Crippen LogP contribution is 2.18. The van der Waals surface area contributed by atoms with E-state index >= 15 is 0 Å². The summed E-state index contributed by atoms with van der Waals surface area (Å²) in [4.78, 5) is 4.19. The lowest BCUT2D eigenvalue weighted by Gasteiger charge is -2.07. The van der Waals surface area contributed by atoms with Crippen molar-refractivity contribution < 1.29 is 0 Å². The Morgan fingerprint density at radius 2 is 2.50 bits per heavy atom. The first-order chi connectivity index (χ1) is 3.84. The van der Waals surface area contributed by atoms with Crippen LogP contribution < -0.4 is 0 Å². The van der Waals surface area contributed by atoms with Crippen LogP contribution in [0.5, 0.6) is 0 Å². The summed E-state index contributed by atoms with van der Waals surface area (Å²) in [6.45, 7) is 5.54. The molecule has 0 fully saturated rings. The number of rotatable bonds is 1. The first kappa shape index (κ1) is 5.80. The molecule has 0 aromatic carbocycles. The molecule has 8 heavy (non-hydrogen) atoms. The number of nitrogens with zero attached hydrogens (tertiary/aromatic N) is 1. The molecular formula is C7H13N. The molecule has 0 N–H and O–H groups in total. The molecule has 1 heterocycles. The van der Waals surface area contributed by atoms with Crippen LogP contribution in [0.3, 0.4) is 0 Å². The smallest absolute Gasteiger partial charge is 0.0417 e. The van der Waals surface area contributed by atoms with E-state index in [-0.39, 0.29) is 0 Å². The summed E-state index contributed by atoms with van der Waals surface area (Å²) in [5.74, 6) is 1.58. The van der Waals surface area contributed by atoms with Crippen molar-refractivity contribution in [3.05, 3.63) is 0 Å². The van der Waals surface area contributed by atoms with Crippen LogP contribution in [0.1, 0.15) is 20.3 Å². The van der Waals surface area contributed by atoms with Gasteiger partial charge in [0.25, 0.3) is 0 Å². The van der Waals surface area contributed by atoms with Gasteiger partial charge in [-0.05, 0) is 18.3 Å². The van der Waals surface area contributed by atoms with Crippen LogP contribution in [0.15, 0.2) is 4.99 Å². The molecule has 0 aromatic heterocycles. The Bertz CT molecular complexity index is 96.6. The molecule has 1 nitrogen and oxygen atoms in total. The van der Waals surface area contributed by atoms with E-state index in [4.69, 9.17) is 0 Å². The van der Waals surface area contributed by atoms with Crippen LogP contribution in [0.2, 0.25) is 0 Å². The minimum Gasteiger partial charge on any atom is -0.297 e. The van der Waals surface area contributed by atoms with Crippen LogP contribution in [-0.2, 0) is 0 Å². The first-order valence-electron chi connectivity index (χ1n) is 3.34. The molecule has 0 radical (unpaired) electrons. The number of aliphatic imine (C=N–C) groups is 1. The Balaban J connectivity index is 2.41. The third-order valence-corrected chi connectivity index (χ3v) is 1.89. The standard InChI is InChI=1S/C7H13N/c1-3-7-5-8-4-6(7)2/h5-7H,3-4H2,1-2H3. The third-order valence-electron chi connectivity index (χ3n) is 1.89. The Morgan fingerprint density at radius 3 is 2.75 bits per heavy atom. The second kappa shape index (κ2) is 2.29. The molecule has 1 aliphatic heterocycles. The highest BCUT2D eigenvalue weighted by molar-refractivity contribution is 5.63. The fourth-order valence-corrected chi connectivity index (χ4v) is 1.15. The van der Waals surface area contributed by atoms with Crippen molar-refractivity contribution in [1.82, 2.24) is 0 Å². The Kier molecular flexibility index (Phi) is 1.66. The van der Waals surface area contributed by atoms with Crippen molar-refractivity contribution in [2.45, 2.75) is 20.3 Å². The van der Waals surface area contributed by atoms with Gasteiger partial charge in [-0.1, -0.05) is 13.8 Å². The SMILES string of the molecule is CCC1C=NCC1C. The maximum Gasteiger partial charge on any atom is 0.0417 e. The Labute approximate surface area is 50.8 Å². The number of hydrogen-bond acceptors (Lipinski definition) is 1. The van der Waals surface area contributed by atoms with Gasteiger partial charge in [-0.3, -0.25) is 4.99 Å². The average Bonchev–Trinajstić information content (AvgIpc) is 2.14. The van der Waals surface area contributed by atoms with Crippen LogP contribution in [0, 0.1) is 11.8 Å². The van der Waals surface area contributed by atoms with Gasteiger partial charge in [-0.2, -0.15) is 0 Å². The van der Waals surface area contributed by atoms with Crippen LogP contribution in [0.4, 0.5) is 0 Å². The van der Waals surface area contributed by atoms with Gasteiger partial charge in [0.1, 0.15) is 0 Å². The number of hydrogen-bond donors (Lipinski definition) is 0. The van der Waals surface area contributed by atoms with Crippen molar-refractivity contribution >= 4 is 6.21 Å². The van der Waals surface area contributed by atoms with Gasteiger partial charge in [0.2, 0.25) is 0 Å². The quantitative estimate of drug-likeness (QED) is 0.488. The lowest BCUT2D eigenvalue weighted by Crippen LogP contribution is -2.07. The molecule has 1 rings (SSSR count). The van der Waals surface area contributed by atoms with Gasteiger partial charge in [-0.15, -0.1) is 0 Å². The van der Waals surface area contributed by atoms with E-state index < -0.39 is 0 Å². The molecule has 0 aromatic rings. The second-order valence-corrected chi connectivity index (χ2v) is 2.56. The molecule has 0 saturated carbocycles. The lowest BCUT2D eigenvalue weighted by atomic mass is 9.96. The molecule has 0 aliphatic carbocycles. The molecule has 1 aliphatic rings. The van der Waals surface area contributed by atoms with Crippen molar-refractivity contribution in [1.29, 1.82) is 0 Å². The third kappa shape index (κ3) is 0.908. The fourth-order valence-electron chi connectivity index (χ4n) is 1.15. The fraction of sp³-hybridized carbons (Fsp3) is 0.857. The zero-order valence-corrected chi connectivity index (χ0v) is 5.59. The van der Waals surface area contributed by atoms with E-state index in [1.807, 2.05) is 0 Å². The van der Waals surface area contributed by atoms with Gasteiger partial charge in [0, 0.05) is 12.8 Å². The minimum absolute atomic E-state index is 0.773. The monoisotopic (exact) mass is 111 g/mol. The van der Waals surface area contributed by atoms with Gasteiger partial charge in [-0.25, -0.2) is 0 Å². The van der Waals surface area contributed by atoms with Crippen LogP contribution in [0.25, 0.3) is 0 Å². The van der Waals surface area contributed by atoms with Gasteiger partial charge < -0.3 is 0 Å². The van der Waals surface area contributed by atoms with Gasteiger partial charge in [0.05, 0.1) is 0 Å². The predicted octanol–water partition coefficient (Wildman–Crippen LogP) is 1.73. The van der Waals surface area contributed by atoms with E-state index in [1.54, 1.807) is 0 Å². The summed E-state index contributed by atoms with van der Waals surface area (Å²) in [7, 11) is 0. The van der Waals surface area contributed by atoms with Crippen molar-refractivity contribution in [3.8, 4) is 0 Å². The highest BCUT2D eigenvalue weighted by Gasteiger charge is 2.16. The van der Waals surface area contributed by atoms with E-state index in [0.717, 1.165) is 18.4 Å². The van der Waals surface area contributed by atoms with E-state index in [9.17, 15) is 0 Å². The van der Waals surface area contributed by atoms with E-state index in [2.05, 4.69) is 25.1 Å². The molecule has 0 amide bonds. The van der Waals surface area contributed by atoms with Crippen molar-refractivity contribution in [2.24, 2.45) is 16.8 Å². The summed E-state index contributed by atoms with van der Waals surface area (Å²) < 4.78 is 0. The summed E-state index contributed by atoms with van der Waals surface area (Å²) in [6.07, 6.45) is 3.36. The molecular weight excluding hydrogens is 98.1 g/mol. The average molecular weight is 111 g/mol. The molecule has 2 unspecified atom stereocenters. The molecule has 0 saturated heterocycles. The van der Waals surface area contributed by atoms with Gasteiger partial charge >= 0.3 is 0 Å². The molecule has 1 heteroatoms. The molecule has 46 valence electrons. The highest BCUT2D eigenvalue weighted by atomic mass is 14.8. The normalized spacial score (nSPS) is 36.2.